The molecule has 1 aromatic rings. The van der Waals surface area contributed by atoms with Gasteiger partial charge < -0.3 is 15.8 Å². The minimum atomic E-state index is -0.314. The summed E-state index contributed by atoms with van der Waals surface area (Å²) in [7, 11) is 1.38. The van der Waals surface area contributed by atoms with E-state index in [4.69, 9.17) is 5.73 Å². The highest BCUT2D eigenvalue weighted by Crippen LogP contribution is 2.18. The number of hydrogen-bond donors (Lipinski definition) is 2. The van der Waals surface area contributed by atoms with E-state index in [1.165, 1.54) is 7.11 Å². The van der Waals surface area contributed by atoms with Crippen LogP contribution in [-0.2, 0) is 4.74 Å². The van der Waals surface area contributed by atoms with Crippen molar-refractivity contribution in [3.63, 3.8) is 0 Å². The van der Waals surface area contributed by atoms with Crippen LogP contribution in [0.15, 0.2) is 24.3 Å². The molecule has 0 fully saturated rings. The van der Waals surface area contributed by atoms with Gasteiger partial charge in [-0.3, -0.25) is 0 Å². The molecule has 4 nitrogen and oxygen atoms in total. The van der Waals surface area contributed by atoms with Gasteiger partial charge in [-0.25, -0.2) is 4.79 Å². The summed E-state index contributed by atoms with van der Waals surface area (Å²) in [4.78, 5) is 11.3. The number of carbonyl (C=O) groups excluding carboxylic acids is 1. The lowest BCUT2D eigenvalue weighted by molar-refractivity contribution is 0.0601. The number of carbonyl (C=O) groups is 1. The largest absolute Gasteiger partial charge is 0.465 e. The second kappa shape index (κ2) is 6.40. The van der Waals surface area contributed by atoms with E-state index in [9.17, 15) is 4.79 Å². The molecule has 1 aromatic carbocycles. The van der Waals surface area contributed by atoms with Crippen LogP contribution in [0.4, 0.5) is 5.69 Å². The maximum absolute atomic E-state index is 11.3. The van der Waals surface area contributed by atoms with Crippen LogP contribution in [0, 0.1) is 5.41 Å². The van der Waals surface area contributed by atoms with Crippen LogP contribution in [0.3, 0.4) is 0 Å². The number of hydrogen-bond acceptors (Lipinski definition) is 4. The van der Waals surface area contributed by atoms with Gasteiger partial charge in [0.15, 0.2) is 0 Å². The van der Waals surface area contributed by atoms with Gasteiger partial charge >= 0.3 is 5.97 Å². The molecule has 0 aliphatic carbocycles. The second-order valence-electron chi connectivity index (χ2n) is 5.11. The Balaban J connectivity index is 2.47. The third kappa shape index (κ3) is 4.37. The summed E-state index contributed by atoms with van der Waals surface area (Å²) in [6.07, 6.45) is 1.00. The zero-order chi connectivity index (χ0) is 13.6. The normalized spacial score (nSPS) is 11.1. The molecule has 4 heteroatoms. The Bertz CT molecular complexity index is 385. The van der Waals surface area contributed by atoms with Crippen LogP contribution in [0.2, 0.25) is 0 Å². The molecular formula is C14H22N2O2. The van der Waals surface area contributed by atoms with E-state index in [0.717, 1.165) is 18.7 Å². The summed E-state index contributed by atoms with van der Waals surface area (Å²) in [5, 5.41) is 3.31. The highest BCUT2D eigenvalue weighted by Gasteiger charge is 2.14. The number of ether oxygens (including phenoxy) is 1. The standard InChI is InChI=1S/C14H22N2O2/c1-14(2,10-15)8-9-16-12-6-4-11(5-7-12)13(17)18-3/h4-7,16H,8-10,15H2,1-3H3. The minimum Gasteiger partial charge on any atom is -0.465 e. The lowest BCUT2D eigenvalue weighted by atomic mass is 9.90. The number of nitrogens with two attached hydrogens (primary N) is 1. The smallest absolute Gasteiger partial charge is 0.337 e. The van der Waals surface area contributed by atoms with Crippen molar-refractivity contribution in [2.24, 2.45) is 11.1 Å². The molecule has 0 amide bonds. The molecule has 0 spiro atoms. The van der Waals surface area contributed by atoms with Crippen LogP contribution >= 0.6 is 0 Å². The van der Waals surface area contributed by atoms with E-state index in [1.54, 1.807) is 12.1 Å². The minimum absolute atomic E-state index is 0.152. The van der Waals surface area contributed by atoms with E-state index in [2.05, 4.69) is 23.9 Å². The Morgan fingerprint density at radius 2 is 1.94 bits per heavy atom. The Kier molecular flexibility index (Phi) is 5.16. The van der Waals surface area contributed by atoms with Crippen molar-refractivity contribution in [1.82, 2.24) is 0 Å². The molecule has 0 heterocycles. The van der Waals surface area contributed by atoms with Crippen molar-refractivity contribution < 1.29 is 9.53 Å². The first-order chi connectivity index (χ1) is 8.48. The van der Waals surface area contributed by atoms with Crippen molar-refractivity contribution in [1.29, 1.82) is 0 Å². The molecule has 100 valence electrons. The van der Waals surface area contributed by atoms with Gasteiger partial charge in [0, 0.05) is 12.2 Å². The van der Waals surface area contributed by atoms with Gasteiger partial charge in [-0.1, -0.05) is 13.8 Å². The summed E-state index contributed by atoms with van der Waals surface area (Å²) in [5.41, 5.74) is 7.38. The van der Waals surface area contributed by atoms with Gasteiger partial charge in [-0.15, -0.1) is 0 Å². The highest BCUT2D eigenvalue weighted by molar-refractivity contribution is 5.89. The Hall–Kier alpha value is -1.55. The molecule has 0 radical (unpaired) electrons. The number of benzene rings is 1. The van der Waals surface area contributed by atoms with E-state index >= 15 is 0 Å². The quantitative estimate of drug-likeness (QED) is 0.760. The Labute approximate surface area is 109 Å². The summed E-state index contributed by atoms with van der Waals surface area (Å²) in [6, 6.07) is 7.26. The SMILES string of the molecule is COC(=O)c1ccc(NCCC(C)(C)CN)cc1. The van der Waals surface area contributed by atoms with Gasteiger partial charge in [-0.2, -0.15) is 0 Å². The molecule has 0 bridgehead atoms. The lowest BCUT2D eigenvalue weighted by Crippen LogP contribution is -2.26. The molecule has 0 saturated carbocycles. The predicted molar refractivity (Wildman–Crippen MR) is 73.7 cm³/mol. The van der Waals surface area contributed by atoms with E-state index in [1.807, 2.05) is 12.1 Å². The molecule has 3 N–H and O–H groups in total. The van der Waals surface area contributed by atoms with Crippen molar-refractivity contribution in [2.45, 2.75) is 20.3 Å². The average Bonchev–Trinajstić information content (AvgIpc) is 2.38. The fraction of sp³-hybridized carbons (Fsp3) is 0.500. The van der Waals surface area contributed by atoms with Gasteiger partial charge in [0.2, 0.25) is 0 Å². The van der Waals surface area contributed by atoms with Gasteiger partial charge in [-0.05, 0) is 42.6 Å². The topological polar surface area (TPSA) is 64.3 Å². The van der Waals surface area contributed by atoms with Crippen LogP contribution in [0.5, 0.6) is 0 Å². The molecule has 18 heavy (non-hydrogen) atoms. The molecule has 0 aliphatic heterocycles. The maximum Gasteiger partial charge on any atom is 0.337 e. The van der Waals surface area contributed by atoms with E-state index in [0.29, 0.717) is 12.1 Å². The first-order valence-corrected chi connectivity index (χ1v) is 6.11. The van der Waals surface area contributed by atoms with Crippen LogP contribution < -0.4 is 11.1 Å². The molecule has 0 unspecified atom stereocenters. The van der Waals surface area contributed by atoms with Crippen LogP contribution in [-0.4, -0.2) is 26.2 Å². The molecule has 0 saturated heterocycles. The van der Waals surface area contributed by atoms with E-state index < -0.39 is 0 Å². The maximum atomic E-state index is 11.3. The number of methoxy groups -OCH3 is 1. The number of nitrogens with one attached hydrogen (secondary N) is 1. The monoisotopic (exact) mass is 250 g/mol. The lowest BCUT2D eigenvalue weighted by Gasteiger charge is -2.22. The molecule has 0 aliphatic rings. The average molecular weight is 250 g/mol. The van der Waals surface area contributed by atoms with Crippen molar-refractivity contribution >= 4 is 11.7 Å². The molecular weight excluding hydrogens is 228 g/mol. The fourth-order valence-electron chi connectivity index (χ4n) is 1.49. The van der Waals surface area contributed by atoms with Gasteiger partial charge in [0.1, 0.15) is 0 Å². The zero-order valence-electron chi connectivity index (χ0n) is 11.3. The zero-order valence-corrected chi connectivity index (χ0v) is 11.3. The number of esters is 1. The van der Waals surface area contributed by atoms with Crippen molar-refractivity contribution in [3.05, 3.63) is 29.8 Å². The first-order valence-electron chi connectivity index (χ1n) is 6.11. The summed E-state index contributed by atoms with van der Waals surface area (Å²) < 4.78 is 4.64. The van der Waals surface area contributed by atoms with Crippen molar-refractivity contribution in [2.75, 3.05) is 25.5 Å². The summed E-state index contributed by atoms with van der Waals surface area (Å²) in [6.45, 7) is 5.84. The summed E-state index contributed by atoms with van der Waals surface area (Å²) >= 11 is 0. The van der Waals surface area contributed by atoms with Gasteiger partial charge in [0.05, 0.1) is 12.7 Å². The fourth-order valence-corrected chi connectivity index (χ4v) is 1.49. The molecule has 1 rings (SSSR count). The van der Waals surface area contributed by atoms with Crippen molar-refractivity contribution in [3.8, 4) is 0 Å². The van der Waals surface area contributed by atoms with E-state index in [-0.39, 0.29) is 11.4 Å². The highest BCUT2D eigenvalue weighted by atomic mass is 16.5. The van der Waals surface area contributed by atoms with Crippen LogP contribution in [0.1, 0.15) is 30.6 Å². The number of rotatable bonds is 6. The predicted octanol–water partition coefficient (Wildman–Crippen LogP) is 2.26. The molecule has 0 atom stereocenters. The third-order valence-corrected chi connectivity index (χ3v) is 2.99. The Morgan fingerprint density at radius 3 is 2.44 bits per heavy atom. The second-order valence-corrected chi connectivity index (χ2v) is 5.11. The Morgan fingerprint density at radius 1 is 1.33 bits per heavy atom. The molecule has 0 aromatic heterocycles. The summed E-state index contributed by atoms with van der Waals surface area (Å²) in [5.74, 6) is -0.314. The van der Waals surface area contributed by atoms with Gasteiger partial charge in [0.25, 0.3) is 0 Å². The number of anilines is 1. The third-order valence-electron chi connectivity index (χ3n) is 2.99. The van der Waals surface area contributed by atoms with Crippen LogP contribution in [0.25, 0.3) is 0 Å². The first kappa shape index (κ1) is 14.5.